The first-order valence-electron chi connectivity index (χ1n) is 8.59. The highest BCUT2D eigenvalue weighted by Crippen LogP contribution is 2.33. The van der Waals surface area contributed by atoms with E-state index in [2.05, 4.69) is 15.3 Å². The van der Waals surface area contributed by atoms with E-state index in [4.69, 9.17) is 4.74 Å². The molecule has 2 heterocycles. The summed E-state index contributed by atoms with van der Waals surface area (Å²) in [6.45, 7) is 0.256. The Bertz CT molecular complexity index is 1130. The second-order valence-corrected chi connectivity index (χ2v) is 7.81. The van der Waals surface area contributed by atoms with Gasteiger partial charge in [-0.2, -0.15) is 0 Å². The number of aliphatic imine (C=N–C) groups is 1. The number of hydrogen-bond donors (Lipinski definition) is 1. The lowest BCUT2D eigenvalue weighted by molar-refractivity contribution is 0.410. The molecule has 0 aliphatic carbocycles. The summed E-state index contributed by atoms with van der Waals surface area (Å²) in [6, 6.07) is 17.9. The molecule has 0 radical (unpaired) electrons. The Morgan fingerprint density at radius 1 is 1.07 bits per heavy atom. The van der Waals surface area contributed by atoms with Gasteiger partial charge in [-0.15, -0.1) is 0 Å². The number of fused-ring (bicyclic) bond motifs is 1. The zero-order valence-corrected chi connectivity index (χ0v) is 15.9. The third kappa shape index (κ3) is 3.18. The fraction of sp³-hybridized carbons (Fsp3) is 0.100. The number of nitrogens with one attached hydrogen (secondary N) is 1. The van der Waals surface area contributed by atoms with Crippen LogP contribution in [-0.4, -0.2) is 26.5 Å². The summed E-state index contributed by atoms with van der Waals surface area (Å²) in [5, 5.41) is 3.12. The van der Waals surface area contributed by atoms with Crippen molar-refractivity contribution in [2.45, 2.75) is 11.4 Å². The quantitative estimate of drug-likeness (QED) is 0.734. The summed E-state index contributed by atoms with van der Waals surface area (Å²) in [4.78, 5) is 8.63. The minimum absolute atomic E-state index is 0.107. The van der Waals surface area contributed by atoms with E-state index >= 15 is 0 Å². The number of guanidine groups is 1. The lowest BCUT2D eigenvalue weighted by Crippen LogP contribution is -2.45. The lowest BCUT2D eigenvalue weighted by atomic mass is 10.2. The number of rotatable bonds is 4. The zero-order chi connectivity index (χ0) is 19.6. The van der Waals surface area contributed by atoms with Crippen LogP contribution in [0.3, 0.4) is 0 Å². The van der Waals surface area contributed by atoms with Crippen LogP contribution in [0.2, 0.25) is 0 Å². The van der Waals surface area contributed by atoms with Crippen molar-refractivity contribution in [2.24, 2.45) is 4.99 Å². The molecular formula is C20H18N4O3S. The van der Waals surface area contributed by atoms with Crippen LogP contribution in [0, 0.1) is 0 Å². The Balaban J connectivity index is 1.82. The topological polar surface area (TPSA) is 83.9 Å². The average molecular weight is 394 g/mol. The molecule has 0 saturated carbocycles. The number of para-hydroxylation sites is 2. The van der Waals surface area contributed by atoms with Gasteiger partial charge in [0.15, 0.2) is 0 Å². The highest BCUT2D eigenvalue weighted by molar-refractivity contribution is 7.94. The Labute approximate surface area is 163 Å². The van der Waals surface area contributed by atoms with Gasteiger partial charge in [0.2, 0.25) is 5.96 Å². The number of methoxy groups -OCH3 is 1. The molecule has 7 nitrogen and oxygen atoms in total. The highest BCUT2D eigenvalue weighted by atomic mass is 32.2. The molecule has 0 saturated heterocycles. The molecule has 1 aliphatic rings. The summed E-state index contributed by atoms with van der Waals surface area (Å²) in [7, 11) is -2.27. The maximum atomic E-state index is 13.3. The maximum absolute atomic E-state index is 13.3. The SMILES string of the molecule is COc1ccccc1CN=C1Nc2ccncc2S(=O)(=O)N1c1ccccc1. The first-order valence-corrected chi connectivity index (χ1v) is 10.0. The Kier molecular flexibility index (Phi) is 4.70. The van der Waals surface area contributed by atoms with Crippen molar-refractivity contribution in [3.05, 3.63) is 78.6 Å². The van der Waals surface area contributed by atoms with Crippen molar-refractivity contribution in [1.82, 2.24) is 4.98 Å². The molecule has 1 aromatic heterocycles. The van der Waals surface area contributed by atoms with E-state index in [0.29, 0.717) is 17.1 Å². The maximum Gasteiger partial charge on any atom is 0.274 e. The van der Waals surface area contributed by atoms with Crippen molar-refractivity contribution in [2.75, 3.05) is 16.7 Å². The van der Waals surface area contributed by atoms with Gasteiger partial charge < -0.3 is 10.1 Å². The van der Waals surface area contributed by atoms with Crippen molar-refractivity contribution >= 4 is 27.4 Å². The minimum atomic E-state index is -3.86. The third-order valence-corrected chi connectivity index (χ3v) is 6.07. The normalized spacial score (nSPS) is 16.3. The van der Waals surface area contributed by atoms with E-state index in [1.165, 1.54) is 16.7 Å². The highest BCUT2D eigenvalue weighted by Gasteiger charge is 2.36. The Morgan fingerprint density at radius 2 is 1.82 bits per heavy atom. The van der Waals surface area contributed by atoms with Crippen molar-refractivity contribution in [3.8, 4) is 5.75 Å². The predicted molar refractivity (Wildman–Crippen MR) is 108 cm³/mol. The number of hydrogen-bond acceptors (Lipinski definition) is 5. The van der Waals surface area contributed by atoms with Crippen molar-refractivity contribution in [1.29, 1.82) is 0 Å². The van der Waals surface area contributed by atoms with Gasteiger partial charge in [-0.05, 0) is 24.3 Å². The molecule has 1 aliphatic heterocycles. The van der Waals surface area contributed by atoms with Gasteiger partial charge >= 0.3 is 0 Å². The van der Waals surface area contributed by atoms with E-state index in [1.807, 2.05) is 30.3 Å². The van der Waals surface area contributed by atoms with Gasteiger partial charge in [0.25, 0.3) is 10.0 Å². The molecule has 0 atom stereocenters. The van der Waals surface area contributed by atoms with E-state index in [0.717, 1.165) is 5.56 Å². The van der Waals surface area contributed by atoms with Crippen LogP contribution in [0.25, 0.3) is 0 Å². The monoisotopic (exact) mass is 394 g/mol. The van der Waals surface area contributed by atoms with Crippen LogP contribution >= 0.6 is 0 Å². The number of ether oxygens (including phenoxy) is 1. The standard InChI is InChI=1S/C20H18N4O3S/c1-27-18-10-6-5-7-15(18)13-22-20-23-17-11-12-21-14-19(17)28(25,26)24(20)16-8-3-2-4-9-16/h2-12,14H,13H2,1H3,(H,22,23). The second kappa shape index (κ2) is 7.32. The smallest absolute Gasteiger partial charge is 0.274 e. The largest absolute Gasteiger partial charge is 0.496 e. The molecule has 0 fully saturated rings. The first-order chi connectivity index (χ1) is 13.6. The van der Waals surface area contributed by atoms with Crippen LogP contribution < -0.4 is 14.4 Å². The van der Waals surface area contributed by atoms with Gasteiger partial charge in [-0.1, -0.05) is 36.4 Å². The Morgan fingerprint density at radius 3 is 2.61 bits per heavy atom. The lowest BCUT2D eigenvalue weighted by Gasteiger charge is -2.31. The molecular weight excluding hydrogens is 376 g/mol. The van der Waals surface area contributed by atoms with Crippen LogP contribution in [0.1, 0.15) is 5.56 Å². The van der Waals surface area contributed by atoms with Crippen LogP contribution in [0.15, 0.2) is 82.9 Å². The predicted octanol–water partition coefficient (Wildman–Crippen LogP) is 3.27. The number of nitrogens with zero attached hydrogens (tertiary/aromatic N) is 3. The fourth-order valence-corrected chi connectivity index (χ4v) is 4.51. The number of sulfonamides is 1. The minimum Gasteiger partial charge on any atom is -0.496 e. The van der Waals surface area contributed by atoms with E-state index < -0.39 is 10.0 Å². The summed E-state index contributed by atoms with van der Waals surface area (Å²) in [6.07, 6.45) is 2.88. The molecule has 0 amide bonds. The first kappa shape index (κ1) is 18.0. The summed E-state index contributed by atoms with van der Waals surface area (Å²) in [5.74, 6) is 0.914. The van der Waals surface area contributed by atoms with Crippen molar-refractivity contribution in [3.63, 3.8) is 0 Å². The van der Waals surface area contributed by atoms with Gasteiger partial charge in [0, 0.05) is 18.0 Å². The van der Waals surface area contributed by atoms with E-state index in [9.17, 15) is 8.42 Å². The number of anilines is 2. The summed E-state index contributed by atoms with van der Waals surface area (Å²) in [5.41, 5.74) is 1.79. The Hall–Kier alpha value is -3.39. The van der Waals surface area contributed by atoms with E-state index in [-0.39, 0.29) is 17.4 Å². The van der Waals surface area contributed by atoms with Crippen LogP contribution in [-0.2, 0) is 16.6 Å². The molecule has 8 heteroatoms. The summed E-state index contributed by atoms with van der Waals surface area (Å²) >= 11 is 0. The molecule has 2 aromatic carbocycles. The average Bonchev–Trinajstić information content (AvgIpc) is 2.73. The number of pyridine rings is 1. The molecule has 0 bridgehead atoms. The molecule has 28 heavy (non-hydrogen) atoms. The van der Waals surface area contributed by atoms with E-state index in [1.54, 1.807) is 37.4 Å². The third-order valence-electron chi connectivity index (χ3n) is 4.32. The van der Waals surface area contributed by atoms with Gasteiger partial charge in [0.1, 0.15) is 10.6 Å². The molecule has 4 rings (SSSR count). The van der Waals surface area contributed by atoms with Gasteiger partial charge in [0.05, 0.1) is 25.0 Å². The van der Waals surface area contributed by atoms with Crippen LogP contribution in [0.4, 0.5) is 11.4 Å². The number of aromatic nitrogens is 1. The van der Waals surface area contributed by atoms with Gasteiger partial charge in [-0.25, -0.2) is 17.7 Å². The van der Waals surface area contributed by atoms with Crippen LogP contribution in [0.5, 0.6) is 5.75 Å². The molecule has 142 valence electrons. The zero-order valence-electron chi connectivity index (χ0n) is 15.1. The summed E-state index contributed by atoms with van der Waals surface area (Å²) < 4.78 is 33.1. The molecule has 3 aromatic rings. The molecule has 1 N–H and O–H groups in total. The number of benzene rings is 2. The van der Waals surface area contributed by atoms with Crippen molar-refractivity contribution < 1.29 is 13.2 Å². The molecule has 0 unspecified atom stereocenters. The van der Waals surface area contributed by atoms with Gasteiger partial charge in [-0.3, -0.25) is 4.98 Å². The molecule has 0 spiro atoms. The fourth-order valence-electron chi connectivity index (χ4n) is 2.99. The second-order valence-electron chi connectivity index (χ2n) is 6.05.